The molecule has 0 aliphatic heterocycles. The number of halogens is 7. The Bertz CT molecular complexity index is 984. The van der Waals surface area contributed by atoms with E-state index in [9.17, 15) is 9.59 Å². The molecule has 34 heavy (non-hydrogen) atoms. The van der Waals surface area contributed by atoms with Crippen LogP contribution < -0.4 is 9.47 Å². The largest absolute Gasteiger partial charge is 0.492 e. The molecule has 0 saturated carbocycles. The van der Waals surface area contributed by atoms with Crippen LogP contribution in [0, 0.1) is 0 Å². The summed E-state index contributed by atoms with van der Waals surface area (Å²) in [5, 5.41) is 19.0. The molecule has 0 radical (unpaired) electrons. The Labute approximate surface area is 231 Å². The first-order valence-corrected chi connectivity index (χ1v) is 12.2. The highest BCUT2D eigenvalue weighted by atomic mass is 35.5. The maximum absolute atomic E-state index is 10.7. The predicted molar refractivity (Wildman–Crippen MR) is 137 cm³/mol. The monoisotopic (exact) mass is 612 g/mol. The third-order valence-electron chi connectivity index (χ3n) is 3.87. The molecule has 188 valence electrons. The van der Waals surface area contributed by atoms with Crippen molar-refractivity contribution in [3.05, 3.63) is 55.4 Å². The van der Waals surface area contributed by atoms with E-state index in [1.54, 1.807) is 18.2 Å². The van der Waals surface area contributed by atoms with Crippen LogP contribution in [0.1, 0.15) is 25.7 Å². The first-order valence-electron chi connectivity index (χ1n) is 9.51. The van der Waals surface area contributed by atoms with Crippen molar-refractivity contribution in [1.82, 2.24) is 0 Å². The Morgan fingerprint density at radius 3 is 1.91 bits per heavy atom. The summed E-state index contributed by atoms with van der Waals surface area (Å²) >= 11 is 40.2. The second-order valence-electron chi connectivity index (χ2n) is 6.58. The molecular formula is C21H19Cl7O6. The number of hydrogen-bond donors (Lipinski definition) is 2. The van der Waals surface area contributed by atoms with Gasteiger partial charge in [0, 0.05) is 17.5 Å². The molecule has 0 saturated heterocycles. The van der Waals surface area contributed by atoms with Crippen LogP contribution in [0.15, 0.2) is 30.3 Å². The van der Waals surface area contributed by atoms with Gasteiger partial charge in [0.1, 0.15) is 11.5 Å². The standard InChI is InChI=1S/C11H9Cl5O3.C10H10Cl2O3/c12-6-4-8(14)9(5-7(6)13)19-3-1-2-11(15,16)10(17)18;11-7-3-4-9(8(12)6-7)15-5-1-2-10(13)14/h4-5H,1-3H2,(H,17,18);3-4,6H,1-2,5H2,(H,13,14). The van der Waals surface area contributed by atoms with Crippen molar-refractivity contribution >= 4 is 93.1 Å². The zero-order chi connectivity index (χ0) is 25.9. The fraction of sp³-hybridized carbons (Fsp3) is 0.333. The topological polar surface area (TPSA) is 93.1 Å². The molecule has 13 heteroatoms. The minimum Gasteiger partial charge on any atom is -0.492 e. The van der Waals surface area contributed by atoms with Crippen molar-refractivity contribution in [2.45, 2.75) is 30.0 Å². The quantitative estimate of drug-likeness (QED) is 0.150. The third-order valence-corrected chi connectivity index (χ3v) is 6.12. The number of carboxylic acid groups (broad SMARTS) is 2. The van der Waals surface area contributed by atoms with E-state index in [1.165, 1.54) is 12.1 Å². The molecule has 2 rings (SSSR count). The SMILES string of the molecule is O=C(O)C(Cl)(Cl)CCCOc1cc(Cl)c(Cl)cc1Cl.O=C(O)CCCOc1ccc(Cl)cc1Cl. The summed E-state index contributed by atoms with van der Waals surface area (Å²) in [5.41, 5.74) is 0. The fourth-order valence-electron chi connectivity index (χ4n) is 2.20. The highest BCUT2D eigenvalue weighted by Gasteiger charge is 2.32. The van der Waals surface area contributed by atoms with Crippen LogP contribution >= 0.6 is 81.2 Å². The van der Waals surface area contributed by atoms with Crippen LogP contribution in [0.3, 0.4) is 0 Å². The number of carboxylic acids is 2. The Kier molecular flexibility index (Phi) is 13.9. The van der Waals surface area contributed by atoms with Crippen LogP contribution in [-0.2, 0) is 9.59 Å². The van der Waals surface area contributed by atoms with Gasteiger partial charge in [-0.25, -0.2) is 4.79 Å². The summed E-state index contributed by atoms with van der Waals surface area (Å²) in [6.45, 7) is 0.528. The third kappa shape index (κ3) is 11.6. The summed E-state index contributed by atoms with van der Waals surface area (Å²) in [6.07, 6.45) is 0.930. The zero-order valence-corrected chi connectivity index (χ0v) is 22.6. The lowest BCUT2D eigenvalue weighted by molar-refractivity contribution is -0.138. The first-order chi connectivity index (χ1) is 15.8. The van der Waals surface area contributed by atoms with Crippen molar-refractivity contribution < 1.29 is 29.3 Å². The number of aliphatic carboxylic acids is 2. The molecule has 6 nitrogen and oxygen atoms in total. The van der Waals surface area contributed by atoms with Crippen LogP contribution in [0.4, 0.5) is 0 Å². The maximum Gasteiger partial charge on any atom is 0.340 e. The van der Waals surface area contributed by atoms with Gasteiger partial charge in [-0.15, -0.1) is 0 Å². The second kappa shape index (κ2) is 15.2. The summed E-state index contributed by atoms with van der Waals surface area (Å²) < 4.78 is 8.84. The second-order valence-corrected chi connectivity index (χ2v) is 10.1. The molecule has 0 aromatic heterocycles. The van der Waals surface area contributed by atoms with Crippen molar-refractivity contribution in [2.24, 2.45) is 0 Å². The van der Waals surface area contributed by atoms with E-state index < -0.39 is 16.3 Å². The lowest BCUT2D eigenvalue weighted by Crippen LogP contribution is -2.25. The molecule has 2 N–H and O–H groups in total. The van der Waals surface area contributed by atoms with Crippen molar-refractivity contribution in [1.29, 1.82) is 0 Å². The smallest absolute Gasteiger partial charge is 0.340 e. The van der Waals surface area contributed by atoms with Crippen molar-refractivity contribution in [3.63, 3.8) is 0 Å². The molecule has 0 unspecified atom stereocenters. The molecule has 0 amide bonds. The van der Waals surface area contributed by atoms with Gasteiger partial charge in [0.05, 0.1) is 33.3 Å². The summed E-state index contributed by atoms with van der Waals surface area (Å²) in [4.78, 5) is 20.9. The van der Waals surface area contributed by atoms with E-state index in [0.29, 0.717) is 56.1 Å². The molecule has 0 spiro atoms. The number of carbonyl (C=O) groups is 2. The molecule has 0 atom stereocenters. The normalized spacial score (nSPS) is 10.8. The van der Waals surface area contributed by atoms with Gasteiger partial charge < -0.3 is 19.7 Å². The number of hydrogen-bond acceptors (Lipinski definition) is 4. The average Bonchev–Trinajstić information content (AvgIpc) is 2.73. The number of alkyl halides is 2. The predicted octanol–water partition coefficient (Wildman–Crippen LogP) is 8.30. The van der Waals surface area contributed by atoms with Gasteiger partial charge in [0.2, 0.25) is 4.33 Å². The van der Waals surface area contributed by atoms with E-state index in [1.807, 2.05) is 0 Å². The molecule has 0 aliphatic carbocycles. The van der Waals surface area contributed by atoms with Gasteiger partial charge in [0.15, 0.2) is 0 Å². The molecule has 2 aromatic carbocycles. The molecule has 0 aliphatic rings. The van der Waals surface area contributed by atoms with Gasteiger partial charge in [-0.05, 0) is 43.5 Å². The van der Waals surface area contributed by atoms with Crippen LogP contribution in [0.5, 0.6) is 11.5 Å². The van der Waals surface area contributed by atoms with Gasteiger partial charge in [-0.3, -0.25) is 4.79 Å². The summed E-state index contributed by atoms with van der Waals surface area (Å²) in [7, 11) is 0. The highest BCUT2D eigenvalue weighted by molar-refractivity contribution is 6.57. The van der Waals surface area contributed by atoms with Crippen LogP contribution in [0.25, 0.3) is 0 Å². The number of benzene rings is 2. The van der Waals surface area contributed by atoms with E-state index in [-0.39, 0.29) is 19.4 Å². The van der Waals surface area contributed by atoms with Crippen molar-refractivity contribution in [3.8, 4) is 11.5 Å². The molecule has 0 bridgehead atoms. The molecule has 0 fully saturated rings. The molecule has 2 aromatic rings. The van der Waals surface area contributed by atoms with Crippen LogP contribution in [-0.4, -0.2) is 39.7 Å². The Morgan fingerprint density at radius 1 is 0.765 bits per heavy atom. The molecule has 0 heterocycles. The number of ether oxygens (including phenoxy) is 2. The van der Waals surface area contributed by atoms with Gasteiger partial charge in [0.25, 0.3) is 0 Å². The summed E-state index contributed by atoms with van der Waals surface area (Å²) in [5.74, 6) is -1.24. The van der Waals surface area contributed by atoms with E-state index in [4.69, 9.17) is 101 Å². The van der Waals surface area contributed by atoms with Crippen LogP contribution in [0.2, 0.25) is 25.1 Å². The Hall–Kier alpha value is -0.990. The number of rotatable bonds is 11. The maximum atomic E-state index is 10.7. The Balaban J connectivity index is 0.000000350. The minimum atomic E-state index is -1.81. The fourth-order valence-corrected chi connectivity index (χ4v) is 3.52. The average molecular weight is 616 g/mol. The van der Waals surface area contributed by atoms with Gasteiger partial charge >= 0.3 is 11.9 Å². The minimum absolute atomic E-state index is 0.0460. The van der Waals surface area contributed by atoms with Gasteiger partial charge in [-0.2, -0.15) is 0 Å². The molecular weight excluding hydrogens is 596 g/mol. The highest BCUT2D eigenvalue weighted by Crippen LogP contribution is 2.34. The van der Waals surface area contributed by atoms with E-state index in [2.05, 4.69) is 0 Å². The Morgan fingerprint density at radius 2 is 1.32 bits per heavy atom. The zero-order valence-electron chi connectivity index (χ0n) is 17.3. The lowest BCUT2D eigenvalue weighted by atomic mass is 10.2. The lowest BCUT2D eigenvalue weighted by Gasteiger charge is -2.14. The van der Waals surface area contributed by atoms with Crippen molar-refractivity contribution in [2.75, 3.05) is 13.2 Å². The van der Waals surface area contributed by atoms with E-state index in [0.717, 1.165) is 0 Å². The van der Waals surface area contributed by atoms with E-state index >= 15 is 0 Å². The van der Waals surface area contributed by atoms with Gasteiger partial charge in [-0.1, -0.05) is 81.2 Å². The first kappa shape index (κ1) is 31.0. The summed E-state index contributed by atoms with van der Waals surface area (Å²) in [6, 6.07) is 7.85.